The van der Waals surface area contributed by atoms with E-state index in [1.54, 1.807) is 0 Å². The average molecular weight is 842 g/mol. The highest BCUT2D eigenvalue weighted by molar-refractivity contribution is 6.23. The third-order valence-electron chi connectivity index (χ3n) is 14.7. The maximum absolute atomic E-state index is 2.45. The molecule has 0 aliphatic heterocycles. The van der Waals surface area contributed by atoms with Crippen molar-refractivity contribution in [1.82, 2.24) is 8.97 Å². The van der Waals surface area contributed by atoms with E-state index < -0.39 is 0 Å². The minimum atomic E-state index is -0.116. The number of hydrogen-bond acceptors (Lipinski definition) is 1. The van der Waals surface area contributed by atoms with Crippen molar-refractivity contribution in [3.8, 4) is 39.1 Å². The molecule has 3 heterocycles. The number of rotatable bonds is 6. The largest absolute Gasteiger partial charge is 0.310 e. The molecule has 1 aliphatic rings. The van der Waals surface area contributed by atoms with E-state index in [0.29, 0.717) is 0 Å². The van der Waals surface area contributed by atoms with Crippen molar-refractivity contribution >= 4 is 77.0 Å². The van der Waals surface area contributed by atoms with Gasteiger partial charge in [-0.25, -0.2) is 0 Å². The molecule has 1 aliphatic carbocycles. The first kappa shape index (κ1) is 37.0. The van der Waals surface area contributed by atoms with Crippen LogP contribution in [0.5, 0.6) is 0 Å². The quantitative estimate of drug-likeness (QED) is 0.162. The molecule has 3 nitrogen and oxygen atoms in total. The van der Waals surface area contributed by atoms with Gasteiger partial charge >= 0.3 is 0 Å². The van der Waals surface area contributed by atoms with Gasteiger partial charge in [0.05, 0.1) is 27.6 Å². The molecule has 66 heavy (non-hydrogen) atoms. The Kier molecular flexibility index (Phi) is 7.74. The van der Waals surface area contributed by atoms with Crippen LogP contribution in [0, 0.1) is 0 Å². The van der Waals surface area contributed by atoms with Crippen molar-refractivity contribution in [2.24, 2.45) is 0 Å². The van der Waals surface area contributed by atoms with Crippen LogP contribution in [0.2, 0.25) is 0 Å². The second kappa shape index (κ2) is 13.8. The first-order valence-corrected chi connectivity index (χ1v) is 23.0. The van der Waals surface area contributed by atoms with E-state index in [1.165, 1.54) is 110 Å². The molecule has 0 unspecified atom stereocenters. The summed E-state index contributed by atoms with van der Waals surface area (Å²) in [4.78, 5) is 2.42. The van der Waals surface area contributed by atoms with Crippen LogP contribution in [0.1, 0.15) is 25.0 Å². The van der Waals surface area contributed by atoms with Crippen LogP contribution in [-0.2, 0) is 5.41 Å². The maximum atomic E-state index is 2.45. The van der Waals surface area contributed by atoms with Crippen LogP contribution in [0.15, 0.2) is 224 Å². The van der Waals surface area contributed by atoms with Gasteiger partial charge in [0.25, 0.3) is 0 Å². The standard InChI is InChI=1S/C63H43N3/c1-63(2)56-20-9-6-15-48(56)49-34-33-47(39-57(49)63)64(45-29-23-40(24-30-45)42-27-35-60-54(37-42)51-17-8-10-21-58(51)65(60)44-13-4-3-5-14-44)46-31-25-41(26-32-46)43-28-36-61-55(38-43)53-19-12-18-52-50-16-7-11-22-59(50)66(61)62(52)53/h3-39H,1-2H3. The molecular weight excluding hydrogens is 799 g/mol. The van der Waals surface area contributed by atoms with E-state index in [-0.39, 0.29) is 5.41 Å². The Morgan fingerprint density at radius 3 is 1.53 bits per heavy atom. The first-order chi connectivity index (χ1) is 32.5. The molecule has 0 amide bonds. The topological polar surface area (TPSA) is 12.6 Å². The molecule has 3 aromatic heterocycles. The fourth-order valence-corrected chi connectivity index (χ4v) is 11.5. The molecule has 10 aromatic carbocycles. The van der Waals surface area contributed by atoms with Crippen LogP contribution >= 0.6 is 0 Å². The lowest BCUT2D eigenvalue weighted by atomic mass is 9.82. The number of para-hydroxylation sites is 4. The van der Waals surface area contributed by atoms with Crippen LogP contribution in [0.25, 0.3) is 99.0 Å². The fourth-order valence-electron chi connectivity index (χ4n) is 11.5. The molecule has 0 fully saturated rings. The lowest BCUT2D eigenvalue weighted by Gasteiger charge is -2.28. The van der Waals surface area contributed by atoms with Gasteiger partial charge in [-0.2, -0.15) is 0 Å². The fraction of sp³-hybridized carbons (Fsp3) is 0.0476. The Balaban J connectivity index is 0.870. The second-order valence-corrected chi connectivity index (χ2v) is 18.5. The summed E-state index contributed by atoms with van der Waals surface area (Å²) in [5, 5.41) is 7.71. The molecule has 14 rings (SSSR count). The zero-order chi connectivity index (χ0) is 43.7. The van der Waals surface area contributed by atoms with Crippen molar-refractivity contribution in [3.05, 3.63) is 236 Å². The van der Waals surface area contributed by atoms with E-state index in [0.717, 1.165) is 17.1 Å². The minimum Gasteiger partial charge on any atom is -0.310 e. The SMILES string of the molecule is CC1(C)c2ccccc2-c2ccc(N(c3ccc(-c4ccc5c(c4)c4ccccc4n5-c4ccccc4)cc3)c3ccc(-c4ccc5c(c4)c4cccc6c7ccccc7n5c64)cc3)cc21. The summed E-state index contributed by atoms with van der Waals surface area (Å²) >= 11 is 0. The van der Waals surface area contributed by atoms with E-state index in [2.05, 4.69) is 252 Å². The number of anilines is 3. The van der Waals surface area contributed by atoms with Gasteiger partial charge in [-0.05, 0) is 129 Å². The summed E-state index contributed by atoms with van der Waals surface area (Å²) in [7, 11) is 0. The number of benzene rings is 10. The Labute approximate surface area is 383 Å². The number of fused-ring (bicyclic) bond motifs is 12. The third-order valence-corrected chi connectivity index (χ3v) is 14.7. The van der Waals surface area contributed by atoms with Gasteiger partial charge in [0.15, 0.2) is 0 Å². The molecule has 0 saturated heterocycles. The molecular formula is C63H43N3. The van der Waals surface area contributed by atoms with Crippen LogP contribution in [0.4, 0.5) is 17.1 Å². The predicted octanol–water partition coefficient (Wildman–Crippen LogP) is 17.0. The molecule has 0 bridgehead atoms. The predicted molar refractivity (Wildman–Crippen MR) is 279 cm³/mol. The van der Waals surface area contributed by atoms with Gasteiger partial charge in [-0.3, -0.25) is 0 Å². The summed E-state index contributed by atoms with van der Waals surface area (Å²) in [6, 6.07) is 83.1. The molecule has 3 heteroatoms. The minimum absolute atomic E-state index is 0.116. The van der Waals surface area contributed by atoms with Crippen molar-refractivity contribution in [2.75, 3.05) is 4.90 Å². The number of nitrogens with zero attached hydrogens (tertiary/aromatic N) is 3. The van der Waals surface area contributed by atoms with Crippen LogP contribution in [0.3, 0.4) is 0 Å². The van der Waals surface area contributed by atoms with Gasteiger partial charge in [-0.15, -0.1) is 0 Å². The second-order valence-electron chi connectivity index (χ2n) is 18.5. The van der Waals surface area contributed by atoms with Gasteiger partial charge in [0.1, 0.15) is 0 Å². The Hall–Kier alpha value is -8.40. The lowest BCUT2D eigenvalue weighted by Crippen LogP contribution is -2.16. The van der Waals surface area contributed by atoms with Crippen LogP contribution in [-0.4, -0.2) is 8.97 Å². The van der Waals surface area contributed by atoms with Gasteiger partial charge in [0.2, 0.25) is 0 Å². The Morgan fingerprint density at radius 1 is 0.333 bits per heavy atom. The zero-order valence-electron chi connectivity index (χ0n) is 36.7. The van der Waals surface area contributed by atoms with Gasteiger partial charge in [-0.1, -0.05) is 153 Å². The molecule has 0 spiro atoms. The summed E-state index contributed by atoms with van der Waals surface area (Å²) in [5.74, 6) is 0. The van der Waals surface area contributed by atoms with Crippen molar-refractivity contribution in [1.29, 1.82) is 0 Å². The van der Waals surface area contributed by atoms with Crippen molar-refractivity contribution in [3.63, 3.8) is 0 Å². The van der Waals surface area contributed by atoms with E-state index >= 15 is 0 Å². The number of hydrogen-bond donors (Lipinski definition) is 0. The van der Waals surface area contributed by atoms with E-state index in [4.69, 9.17) is 0 Å². The van der Waals surface area contributed by atoms with Crippen LogP contribution < -0.4 is 4.90 Å². The molecule has 310 valence electrons. The first-order valence-electron chi connectivity index (χ1n) is 23.0. The smallest absolute Gasteiger partial charge is 0.0620 e. The molecule has 13 aromatic rings. The molecule has 0 atom stereocenters. The van der Waals surface area contributed by atoms with Crippen molar-refractivity contribution in [2.45, 2.75) is 19.3 Å². The van der Waals surface area contributed by atoms with E-state index in [9.17, 15) is 0 Å². The monoisotopic (exact) mass is 841 g/mol. The summed E-state index contributed by atoms with van der Waals surface area (Å²) in [5.41, 5.74) is 20.8. The molecule has 0 N–H and O–H groups in total. The third kappa shape index (κ3) is 5.26. The number of aromatic nitrogens is 2. The van der Waals surface area contributed by atoms with Crippen molar-refractivity contribution < 1.29 is 0 Å². The average Bonchev–Trinajstić information content (AvgIpc) is 4.07. The highest BCUT2D eigenvalue weighted by atomic mass is 15.1. The lowest BCUT2D eigenvalue weighted by molar-refractivity contribution is 0.660. The highest BCUT2D eigenvalue weighted by Gasteiger charge is 2.35. The maximum Gasteiger partial charge on any atom is 0.0620 e. The zero-order valence-corrected chi connectivity index (χ0v) is 36.7. The summed E-state index contributed by atoms with van der Waals surface area (Å²) < 4.78 is 4.83. The Morgan fingerprint density at radius 2 is 0.818 bits per heavy atom. The normalized spacial score (nSPS) is 13.1. The van der Waals surface area contributed by atoms with E-state index in [1.807, 2.05) is 0 Å². The molecule has 0 saturated carbocycles. The van der Waals surface area contributed by atoms with Gasteiger partial charge in [0, 0.05) is 60.5 Å². The summed E-state index contributed by atoms with van der Waals surface area (Å²) in [6.45, 7) is 4.72. The summed E-state index contributed by atoms with van der Waals surface area (Å²) in [6.07, 6.45) is 0. The van der Waals surface area contributed by atoms with Gasteiger partial charge < -0.3 is 13.9 Å². The molecule has 0 radical (unpaired) electrons. The Bertz CT molecular complexity index is 4060. The highest BCUT2D eigenvalue weighted by Crippen LogP contribution is 2.51.